The number of aromatic nitrogens is 3. The number of nitrogens with zero attached hydrogens (tertiary/aromatic N) is 3. The van der Waals surface area contributed by atoms with Gasteiger partial charge in [0.15, 0.2) is 0 Å². The van der Waals surface area contributed by atoms with Crippen molar-refractivity contribution in [2.75, 3.05) is 18.0 Å². The Morgan fingerprint density at radius 1 is 1.25 bits per heavy atom. The Morgan fingerprint density at radius 2 is 2.00 bits per heavy atom. The van der Waals surface area contributed by atoms with Crippen molar-refractivity contribution in [3.63, 3.8) is 0 Å². The summed E-state index contributed by atoms with van der Waals surface area (Å²) < 4.78 is 26.3. The van der Waals surface area contributed by atoms with Crippen LogP contribution in [0.25, 0.3) is 0 Å². The Balaban J connectivity index is 1.65. The molecule has 0 aromatic carbocycles. The van der Waals surface area contributed by atoms with Crippen molar-refractivity contribution in [1.82, 2.24) is 15.2 Å². The topological polar surface area (TPSA) is 70.8 Å². The second kappa shape index (κ2) is 5.27. The molecule has 0 radical (unpaired) electrons. The van der Waals surface area contributed by atoms with E-state index in [1.807, 2.05) is 0 Å². The van der Waals surface area contributed by atoms with Crippen molar-refractivity contribution in [1.29, 1.82) is 0 Å². The van der Waals surface area contributed by atoms with E-state index in [2.05, 4.69) is 20.1 Å². The summed E-state index contributed by atoms with van der Waals surface area (Å²) in [6, 6.07) is 0.166. The Labute approximate surface area is 116 Å². The number of H-pyrrole nitrogens is 1. The van der Waals surface area contributed by atoms with Crippen LogP contribution < -0.4 is 10.6 Å². The number of aromatic amines is 1. The minimum absolute atomic E-state index is 0.0533. The van der Waals surface area contributed by atoms with Crippen LogP contribution in [-0.4, -0.2) is 40.2 Å². The lowest BCUT2D eigenvalue weighted by molar-refractivity contribution is -0.0387. The van der Waals surface area contributed by atoms with Crippen LogP contribution in [0.2, 0.25) is 0 Å². The Hall–Kier alpha value is -1.24. The zero-order valence-electron chi connectivity index (χ0n) is 11.5. The smallest absolute Gasteiger partial charge is 0.248 e. The summed E-state index contributed by atoms with van der Waals surface area (Å²) in [7, 11) is 0. The molecule has 2 heterocycles. The summed E-state index contributed by atoms with van der Waals surface area (Å²) in [4.78, 5) is 6.57. The number of nitrogens with two attached hydrogens (primary N) is 1. The Kier molecular flexibility index (Phi) is 3.62. The molecule has 0 spiro atoms. The molecule has 7 heteroatoms. The van der Waals surface area contributed by atoms with E-state index in [4.69, 9.17) is 5.73 Å². The van der Waals surface area contributed by atoms with Crippen molar-refractivity contribution in [2.24, 2.45) is 5.73 Å². The summed E-state index contributed by atoms with van der Waals surface area (Å²) >= 11 is 0. The van der Waals surface area contributed by atoms with Gasteiger partial charge in [0.1, 0.15) is 5.82 Å². The van der Waals surface area contributed by atoms with Crippen molar-refractivity contribution < 1.29 is 8.78 Å². The van der Waals surface area contributed by atoms with Gasteiger partial charge in [-0.15, -0.1) is 5.10 Å². The first kappa shape index (κ1) is 13.7. The molecule has 1 unspecified atom stereocenters. The zero-order chi connectivity index (χ0) is 14.2. The molecule has 1 aliphatic heterocycles. The average Bonchev–Trinajstić information content (AvgIpc) is 2.88. The largest absolute Gasteiger partial charge is 0.338 e. The van der Waals surface area contributed by atoms with Crippen LogP contribution in [0.1, 0.15) is 50.3 Å². The van der Waals surface area contributed by atoms with Crippen LogP contribution in [0, 0.1) is 0 Å². The first-order valence-corrected chi connectivity index (χ1v) is 7.34. The monoisotopic (exact) mass is 285 g/mol. The molecule has 20 heavy (non-hydrogen) atoms. The molecular weight excluding hydrogens is 264 g/mol. The highest BCUT2D eigenvalue weighted by Crippen LogP contribution is 2.40. The third-order valence-electron chi connectivity index (χ3n) is 4.34. The lowest BCUT2D eigenvalue weighted by Gasteiger charge is -2.29. The number of hydrogen-bond donors (Lipinski definition) is 2. The highest BCUT2D eigenvalue weighted by molar-refractivity contribution is 5.30. The van der Waals surface area contributed by atoms with E-state index in [1.165, 1.54) is 0 Å². The van der Waals surface area contributed by atoms with Crippen LogP contribution >= 0.6 is 0 Å². The number of rotatable bonds is 2. The molecule has 2 aliphatic rings. The van der Waals surface area contributed by atoms with Crippen molar-refractivity contribution in [2.45, 2.75) is 56.4 Å². The molecule has 2 fully saturated rings. The van der Waals surface area contributed by atoms with Crippen LogP contribution in [0.15, 0.2) is 0 Å². The third-order valence-corrected chi connectivity index (χ3v) is 4.34. The molecule has 3 N–H and O–H groups in total. The zero-order valence-corrected chi connectivity index (χ0v) is 11.5. The second-order valence-electron chi connectivity index (χ2n) is 6.00. The Morgan fingerprint density at radius 3 is 2.70 bits per heavy atom. The first-order valence-electron chi connectivity index (χ1n) is 7.34. The first-order chi connectivity index (χ1) is 9.53. The van der Waals surface area contributed by atoms with Gasteiger partial charge in [-0.25, -0.2) is 8.78 Å². The number of halogens is 2. The van der Waals surface area contributed by atoms with E-state index in [0.717, 1.165) is 31.8 Å². The van der Waals surface area contributed by atoms with Gasteiger partial charge >= 0.3 is 0 Å². The number of anilines is 1. The van der Waals surface area contributed by atoms with E-state index in [1.54, 1.807) is 0 Å². The van der Waals surface area contributed by atoms with E-state index < -0.39 is 5.92 Å². The second-order valence-corrected chi connectivity index (χ2v) is 6.00. The molecular formula is C13H21F2N5. The third kappa shape index (κ3) is 2.92. The van der Waals surface area contributed by atoms with Crippen LogP contribution in [0.4, 0.5) is 14.7 Å². The van der Waals surface area contributed by atoms with E-state index in [0.29, 0.717) is 18.8 Å². The summed E-state index contributed by atoms with van der Waals surface area (Å²) in [5.74, 6) is -1.02. The fraction of sp³-hybridized carbons (Fsp3) is 0.846. The summed E-state index contributed by atoms with van der Waals surface area (Å²) in [5, 5.41) is 7.16. The molecule has 5 nitrogen and oxygen atoms in total. The number of nitrogens with one attached hydrogen (secondary N) is 1. The van der Waals surface area contributed by atoms with Gasteiger partial charge in [0.25, 0.3) is 0 Å². The molecule has 1 saturated heterocycles. The fourth-order valence-electron chi connectivity index (χ4n) is 3.09. The van der Waals surface area contributed by atoms with Crippen LogP contribution in [0.3, 0.4) is 0 Å². The summed E-state index contributed by atoms with van der Waals surface area (Å²) in [5.41, 5.74) is 5.95. The number of piperidine rings is 1. The molecule has 1 atom stereocenters. The van der Waals surface area contributed by atoms with Gasteiger partial charge in [-0.1, -0.05) is 0 Å². The lowest BCUT2D eigenvalue weighted by atomic mass is 9.86. The summed E-state index contributed by atoms with van der Waals surface area (Å²) in [6.07, 6.45) is 2.92. The van der Waals surface area contributed by atoms with Crippen molar-refractivity contribution in [3.8, 4) is 0 Å². The maximum Gasteiger partial charge on any atom is 0.248 e. The van der Waals surface area contributed by atoms with Gasteiger partial charge in [0, 0.05) is 37.9 Å². The van der Waals surface area contributed by atoms with Crippen molar-refractivity contribution in [3.05, 3.63) is 5.82 Å². The average molecular weight is 285 g/mol. The molecule has 0 amide bonds. The van der Waals surface area contributed by atoms with Gasteiger partial charge in [0.2, 0.25) is 11.9 Å². The summed E-state index contributed by atoms with van der Waals surface area (Å²) in [6.45, 7) is 1.67. The SMILES string of the molecule is NC1CCCN(c2n[nH]c(C3CCC(F)(F)CC3)n2)C1. The highest BCUT2D eigenvalue weighted by Gasteiger charge is 2.36. The Bertz CT molecular complexity index is 451. The molecule has 1 saturated carbocycles. The number of alkyl halides is 2. The van der Waals surface area contributed by atoms with E-state index >= 15 is 0 Å². The molecule has 1 aromatic heterocycles. The quantitative estimate of drug-likeness (QED) is 0.872. The minimum Gasteiger partial charge on any atom is -0.338 e. The van der Waals surface area contributed by atoms with Gasteiger partial charge < -0.3 is 10.6 Å². The number of hydrogen-bond acceptors (Lipinski definition) is 4. The highest BCUT2D eigenvalue weighted by atomic mass is 19.3. The van der Waals surface area contributed by atoms with Gasteiger partial charge in [-0.2, -0.15) is 4.98 Å². The van der Waals surface area contributed by atoms with E-state index in [9.17, 15) is 8.78 Å². The molecule has 3 rings (SSSR count). The standard InChI is InChI=1S/C13H21F2N5/c14-13(15)5-3-9(4-6-13)11-17-12(19-18-11)20-7-1-2-10(16)8-20/h9-10H,1-8,16H2,(H,17,18,19). The lowest BCUT2D eigenvalue weighted by Crippen LogP contribution is -2.43. The normalized spacial score (nSPS) is 27.8. The van der Waals surface area contributed by atoms with Crippen LogP contribution in [0.5, 0.6) is 0 Å². The predicted octanol–water partition coefficient (Wildman–Crippen LogP) is 2.03. The van der Waals surface area contributed by atoms with Crippen molar-refractivity contribution >= 4 is 5.95 Å². The van der Waals surface area contributed by atoms with Gasteiger partial charge in [-0.05, 0) is 25.7 Å². The van der Waals surface area contributed by atoms with E-state index in [-0.39, 0.29) is 24.8 Å². The molecule has 1 aliphatic carbocycles. The molecule has 0 bridgehead atoms. The molecule has 1 aromatic rings. The molecule has 112 valence electrons. The van der Waals surface area contributed by atoms with Gasteiger partial charge in [-0.3, -0.25) is 5.10 Å². The maximum absolute atomic E-state index is 13.2. The van der Waals surface area contributed by atoms with Gasteiger partial charge in [0.05, 0.1) is 0 Å². The van der Waals surface area contributed by atoms with Crippen LogP contribution in [-0.2, 0) is 0 Å². The maximum atomic E-state index is 13.2. The fourth-order valence-corrected chi connectivity index (χ4v) is 3.09. The minimum atomic E-state index is -2.50. The predicted molar refractivity (Wildman–Crippen MR) is 72.0 cm³/mol.